The summed E-state index contributed by atoms with van der Waals surface area (Å²) in [7, 11) is 0. The number of H-pyrrole nitrogens is 1. The van der Waals surface area contributed by atoms with E-state index in [1.807, 2.05) is 24.4 Å². The summed E-state index contributed by atoms with van der Waals surface area (Å²) in [6.07, 6.45) is 6.42. The van der Waals surface area contributed by atoms with Gasteiger partial charge < -0.3 is 4.98 Å². The molecule has 0 spiro atoms. The maximum Gasteiger partial charge on any atom is 0.256 e. The molecule has 0 saturated heterocycles. The van der Waals surface area contributed by atoms with Crippen molar-refractivity contribution in [3.05, 3.63) is 111 Å². The lowest BCUT2D eigenvalue weighted by Crippen LogP contribution is -2.17. The second-order valence-corrected chi connectivity index (χ2v) is 7.03. The fraction of sp³-hybridized carbons (Fsp3) is 0.0909. The number of benzene rings is 1. The van der Waals surface area contributed by atoms with Crippen LogP contribution in [0.4, 0.5) is 0 Å². The smallest absolute Gasteiger partial charge is 0.256 e. The Morgan fingerprint density at radius 2 is 1.76 bits per heavy atom. The predicted molar refractivity (Wildman–Crippen MR) is 110 cm³/mol. The predicted octanol–water partition coefficient (Wildman–Crippen LogP) is 3.66. The average molecular weight is 402 g/mol. The molecule has 0 unspecified atom stereocenters. The molecular weight excluding hydrogens is 386 g/mol. The van der Waals surface area contributed by atoms with Crippen molar-refractivity contribution in [3.8, 4) is 11.9 Å². The molecular formula is C22H16ClN5O. The van der Waals surface area contributed by atoms with Crippen LogP contribution in [0, 0.1) is 11.3 Å². The van der Waals surface area contributed by atoms with Crippen molar-refractivity contribution in [1.29, 1.82) is 5.26 Å². The van der Waals surface area contributed by atoms with Crippen LogP contribution in [0.1, 0.15) is 28.2 Å². The number of rotatable bonds is 5. The molecule has 0 aliphatic carbocycles. The number of nitrogens with one attached hydrogen (secondary N) is 1. The first-order valence-electron chi connectivity index (χ1n) is 8.96. The molecule has 0 amide bonds. The zero-order valence-electron chi connectivity index (χ0n) is 15.3. The molecule has 0 saturated carbocycles. The maximum absolute atomic E-state index is 12.0. The van der Waals surface area contributed by atoms with E-state index in [1.54, 1.807) is 36.7 Å². The molecule has 0 aliphatic heterocycles. The van der Waals surface area contributed by atoms with Gasteiger partial charge in [0, 0.05) is 43.2 Å². The average Bonchev–Trinajstić information content (AvgIpc) is 3.18. The molecule has 3 aromatic heterocycles. The Morgan fingerprint density at radius 3 is 2.48 bits per heavy atom. The number of hydrogen-bond acceptors (Lipinski definition) is 4. The summed E-state index contributed by atoms with van der Waals surface area (Å²) in [6, 6.07) is 16.3. The molecule has 1 aromatic carbocycles. The van der Waals surface area contributed by atoms with Gasteiger partial charge in [-0.05, 0) is 35.4 Å². The maximum atomic E-state index is 12.0. The molecule has 0 radical (unpaired) electrons. The van der Waals surface area contributed by atoms with Gasteiger partial charge >= 0.3 is 0 Å². The van der Waals surface area contributed by atoms with Crippen molar-refractivity contribution in [3.63, 3.8) is 0 Å². The molecule has 142 valence electrons. The van der Waals surface area contributed by atoms with Gasteiger partial charge in [-0.15, -0.1) is 0 Å². The Morgan fingerprint density at radius 1 is 0.966 bits per heavy atom. The van der Waals surface area contributed by atoms with E-state index in [9.17, 15) is 4.79 Å². The van der Waals surface area contributed by atoms with Gasteiger partial charge in [-0.3, -0.25) is 9.36 Å². The van der Waals surface area contributed by atoms with Gasteiger partial charge in [0.25, 0.3) is 5.56 Å². The summed E-state index contributed by atoms with van der Waals surface area (Å²) in [5.41, 5.74) is 3.52. The zero-order chi connectivity index (χ0) is 20.2. The molecule has 0 fully saturated rings. The summed E-state index contributed by atoms with van der Waals surface area (Å²) in [4.78, 5) is 24.1. The first-order valence-corrected chi connectivity index (χ1v) is 9.34. The number of pyridine rings is 2. The van der Waals surface area contributed by atoms with Crippen LogP contribution < -0.4 is 5.56 Å². The number of nitrogens with zero attached hydrogens (tertiary/aromatic N) is 4. The molecule has 3 heterocycles. The van der Waals surface area contributed by atoms with Crippen molar-refractivity contribution < 1.29 is 0 Å². The third-order valence-corrected chi connectivity index (χ3v) is 4.68. The lowest BCUT2D eigenvalue weighted by atomic mass is 10.1. The number of aromatic nitrogens is 4. The second-order valence-electron chi connectivity index (χ2n) is 6.60. The molecule has 4 rings (SSSR count). The van der Waals surface area contributed by atoms with Crippen LogP contribution in [0.3, 0.4) is 0 Å². The Bertz CT molecular complexity index is 1230. The van der Waals surface area contributed by atoms with E-state index in [1.165, 1.54) is 10.6 Å². The summed E-state index contributed by atoms with van der Waals surface area (Å²) in [5, 5.41) is 9.35. The van der Waals surface area contributed by atoms with Gasteiger partial charge in [-0.25, -0.2) is 9.97 Å². The highest BCUT2D eigenvalue weighted by Gasteiger charge is 2.06. The van der Waals surface area contributed by atoms with Crippen LogP contribution in [-0.4, -0.2) is 19.5 Å². The van der Waals surface area contributed by atoms with Gasteiger partial charge in [-0.1, -0.05) is 29.8 Å². The molecule has 0 atom stereocenters. The van der Waals surface area contributed by atoms with Crippen LogP contribution in [0.2, 0.25) is 5.02 Å². The van der Waals surface area contributed by atoms with E-state index in [0.717, 1.165) is 22.6 Å². The summed E-state index contributed by atoms with van der Waals surface area (Å²) in [6.45, 7) is 0. The quantitative estimate of drug-likeness (QED) is 0.552. The number of aromatic amines is 1. The summed E-state index contributed by atoms with van der Waals surface area (Å²) in [5.74, 6) is 1.38. The lowest BCUT2D eigenvalue weighted by Gasteiger charge is -2.06. The standard InChI is InChI=1S/C22H16ClN5O/c23-18-6-8-22(29)28(14-18)21-7-5-17(12-26-21)9-19-13-25-20(27-19)10-15-1-3-16(11-24)4-2-15/h1-8,12-14H,9-10H2,(H,25,27). The number of imidazole rings is 1. The SMILES string of the molecule is N#Cc1ccc(Cc2ncc(Cc3ccc(-n4cc(Cl)ccc4=O)nc3)[nH]2)cc1. The van der Waals surface area contributed by atoms with E-state index in [2.05, 4.69) is 21.0 Å². The minimum Gasteiger partial charge on any atom is -0.345 e. The minimum atomic E-state index is -0.185. The zero-order valence-corrected chi connectivity index (χ0v) is 16.1. The monoisotopic (exact) mass is 401 g/mol. The molecule has 29 heavy (non-hydrogen) atoms. The topological polar surface area (TPSA) is 87.4 Å². The van der Waals surface area contributed by atoms with Crippen LogP contribution >= 0.6 is 11.6 Å². The van der Waals surface area contributed by atoms with Gasteiger partial charge in [0.15, 0.2) is 0 Å². The number of halogens is 1. The molecule has 6 nitrogen and oxygen atoms in total. The fourth-order valence-corrected chi connectivity index (χ4v) is 3.16. The van der Waals surface area contributed by atoms with E-state index in [4.69, 9.17) is 16.9 Å². The van der Waals surface area contributed by atoms with E-state index in [-0.39, 0.29) is 5.56 Å². The minimum absolute atomic E-state index is 0.185. The van der Waals surface area contributed by atoms with Gasteiger partial charge in [-0.2, -0.15) is 5.26 Å². The van der Waals surface area contributed by atoms with E-state index in [0.29, 0.717) is 29.2 Å². The summed E-state index contributed by atoms with van der Waals surface area (Å²) >= 11 is 5.97. The molecule has 1 N–H and O–H groups in total. The first-order chi connectivity index (χ1) is 14.1. The summed E-state index contributed by atoms with van der Waals surface area (Å²) < 4.78 is 1.41. The lowest BCUT2D eigenvalue weighted by molar-refractivity contribution is 0.931. The Kier molecular flexibility index (Phi) is 5.23. The normalized spacial score (nSPS) is 10.6. The first kappa shape index (κ1) is 18.7. The third kappa shape index (κ3) is 4.42. The van der Waals surface area contributed by atoms with Crippen molar-refractivity contribution in [1.82, 2.24) is 19.5 Å². The van der Waals surface area contributed by atoms with Crippen LogP contribution in [-0.2, 0) is 12.8 Å². The highest BCUT2D eigenvalue weighted by atomic mass is 35.5. The molecule has 7 heteroatoms. The van der Waals surface area contributed by atoms with E-state index >= 15 is 0 Å². The van der Waals surface area contributed by atoms with Gasteiger partial charge in [0.05, 0.1) is 16.7 Å². The Hall–Kier alpha value is -3.69. The van der Waals surface area contributed by atoms with Crippen LogP contribution in [0.5, 0.6) is 0 Å². The second kappa shape index (κ2) is 8.13. The van der Waals surface area contributed by atoms with Crippen LogP contribution in [0.25, 0.3) is 5.82 Å². The van der Waals surface area contributed by atoms with Gasteiger partial charge in [0.2, 0.25) is 0 Å². The Balaban J connectivity index is 1.45. The number of nitriles is 1. The molecule has 0 aliphatic rings. The van der Waals surface area contributed by atoms with Crippen molar-refractivity contribution in [2.45, 2.75) is 12.8 Å². The highest BCUT2D eigenvalue weighted by Crippen LogP contribution is 2.13. The molecule has 0 bridgehead atoms. The van der Waals surface area contributed by atoms with Crippen LogP contribution in [0.15, 0.2) is 71.9 Å². The largest absolute Gasteiger partial charge is 0.345 e. The number of hydrogen-bond donors (Lipinski definition) is 1. The third-order valence-electron chi connectivity index (χ3n) is 4.46. The van der Waals surface area contributed by atoms with E-state index < -0.39 is 0 Å². The van der Waals surface area contributed by atoms with Crippen molar-refractivity contribution in [2.24, 2.45) is 0 Å². The molecule has 4 aromatic rings. The Labute approximate surface area is 172 Å². The fourth-order valence-electron chi connectivity index (χ4n) is 3.00. The van der Waals surface area contributed by atoms with Crippen molar-refractivity contribution in [2.75, 3.05) is 0 Å². The van der Waals surface area contributed by atoms with Gasteiger partial charge in [0.1, 0.15) is 11.6 Å². The van der Waals surface area contributed by atoms with Crippen molar-refractivity contribution >= 4 is 11.6 Å². The highest BCUT2D eigenvalue weighted by molar-refractivity contribution is 6.30.